The van der Waals surface area contributed by atoms with Crippen LogP contribution in [-0.4, -0.2) is 38.5 Å². The summed E-state index contributed by atoms with van der Waals surface area (Å²) < 4.78 is 32.1. The monoisotopic (exact) mass is 295 g/mol. The molecular weight excluding hydrogens is 278 g/mol. The predicted molar refractivity (Wildman–Crippen MR) is 74.4 cm³/mol. The molecule has 1 saturated heterocycles. The normalized spacial score (nSPS) is 20.5. The van der Waals surface area contributed by atoms with Crippen LogP contribution in [0.4, 0.5) is 5.69 Å². The van der Waals surface area contributed by atoms with Crippen molar-refractivity contribution in [3.05, 3.63) is 23.8 Å². The highest BCUT2D eigenvalue weighted by Gasteiger charge is 2.31. The number of nitriles is 1. The number of ether oxygens (including phenoxy) is 1. The third-order valence-electron chi connectivity index (χ3n) is 3.30. The molecule has 2 N–H and O–H groups in total. The van der Waals surface area contributed by atoms with Gasteiger partial charge in [-0.3, -0.25) is 0 Å². The first-order chi connectivity index (χ1) is 9.48. The van der Waals surface area contributed by atoms with Crippen LogP contribution in [-0.2, 0) is 14.8 Å². The zero-order chi connectivity index (χ0) is 14.8. The fourth-order valence-corrected chi connectivity index (χ4v) is 3.73. The van der Waals surface area contributed by atoms with E-state index in [4.69, 9.17) is 15.7 Å². The molecule has 7 heteroatoms. The van der Waals surface area contributed by atoms with E-state index in [-0.39, 0.29) is 16.6 Å². The molecule has 108 valence electrons. The molecule has 1 atom stereocenters. The number of nitrogen functional groups attached to an aromatic ring is 1. The summed E-state index contributed by atoms with van der Waals surface area (Å²) >= 11 is 0. The van der Waals surface area contributed by atoms with Gasteiger partial charge >= 0.3 is 0 Å². The van der Waals surface area contributed by atoms with Gasteiger partial charge in [-0.25, -0.2) is 8.42 Å². The minimum atomic E-state index is -3.69. The van der Waals surface area contributed by atoms with Gasteiger partial charge in [-0.2, -0.15) is 9.57 Å². The first-order valence-corrected chi connectivity index (χ1v) is 7.84. The zero-order valence-electron chi connectivity index (χ0n) is 11.2. The van der Waals surface area contributed by atoms with Gasteiger partial charge in [0.25, 0.3) is 0 Å². The van der Waals surface area contributed by atoms with Crippen molar-refractivity contribution >= 4 is 15.7 Å². The maximum atomic E-state index is 12.6. The molecule has 0 radical (unpaired) electrons. The Morgan fingerprint density at radius 2 is 2.30 bits per heavy atom. The van der Waals surface area contributed by atoms with Crippen LogP contribution in [0.1, 0.15) is 18.9 Å². The minimum absolute atomic E-state index is 0.00551. The van der Waals surface area contributed by atoms with Gasteiger partial charge in [0.05, 0.1) is 18.3 Å². The molecule has 1 aliphatic heterocycles. The highest BCUT2D eigenvalue weighted by atomic mass is 32.2. The largest absolute Gasteiger partial charge is 0.399 e. The second-order valence-electron chi connectivity index (χ2n) is 4.63. The first kappa shape index (κ1) is 14.8. The van der Waals surface area contributed by atoms with Crippen LogP contribution >= 0.6 is 0 Å². The number of nitrogens with zero attached hydrogens (tertiary/aromatic N) is 2. The van der Waals surface area contributed by atoms with Gasteiger partial charge in [-0.15, -0.1) is 0 Å². The third-order valence-corrected chi connectivity index (χ3v) is 5.22. The Morgan fingerprint density at radius 3 is 2.95 bits per heavy atom. The lowest BCUT2D eigenvalue weighted by molar-refractivity contribution is -0.00278. The molecule has 0 aromatic heterocycles. The number of anilines is 1. The lowest BCUT2D eigenvalue weighted by atomic mass is 10.2. The molecule has 2 rings (SSSR count). The van der Waals surface area contributed by atoms with Gasteiger partial charge in [-0.1, -0.05) is 6.92 Å². The molecule has 0 saturated carbocycles. The molecule has 0 aliphatic carbocycles. The van der Waals surface area contributed by atoms with Crippen LogP contribution in [0.25, 0.3) is 0 Å². The second-order valence-corrected chi connectivity index (χ2v) is 6.54. The Bertz CT molecular complexity index is 637. The van der Waals surface area contributed by atoms with Crippen LogP contribution in [0.2, 0.25) is 0 Å². The van der Waals surface area contributed by atoms with Crippen LogP contribution in [0.15, 0.2) is 23.1 Å². The average molecular weight is 295 g/mol. The molecule has 0 spiro atoms. The third kappa shape index (κ3) is 2.77. The van der Waals surface area contributed by atoms with Crippen molar-refractivity contribution in [1.82, 2.24) is 4.31 Å². The van der Waals surface area contributed by atoms with E-state index in [0.29, 0.717) is 25.4 Å². The quantitative estimate of drug-likeness (QED) is 0.837. The molecule has 0 bridgehead atoms. The zero-order valence-corrected chi connectivity index (χ0v) is 12.1. The molecule has 1 aliphatic rings. The highest BCUT2D eigenvalue weighted by molar-refractivity contribution is 7.89. The fourth-order valence-electron chi connectivity index (χ4n) is 2.16. The Balaban J connectivity index is 2.38. The number of hydrogen-bond acceptors (Lipinski definition) is 5. The Labute approximate surface area is 118 Å². The first-order valence-electron chi connectivity index (χ1n) is 6.40. The summed E-state index contributed by atoms with van der Waals surface area (Å²) in [5.41, 5.74) is 6.03. The van der Waals surface area contributed by atoms with Gasteiger partial charge in [0, 0.05) is 18.8 Å². The molecule has 6 nitrogen and oxygen atoms in total. The van der Waals surface area contributed by atoms with Crippen LogP contribution in [0, 0.1) is 11.3 Å². The summed E-state index contributed by atoms with van der Waals surface area (Å²) in [5.74, 6) is 0. The maximum Gasteiger partial charge on any atom is 0.244 e. The summed E-state index contributed by atoms with van der Waals surface area (Å²) in [4.78, 5) is 0.00551. The molecular formula is C13H17N3O3S. The van der Waals surface area contributed by atoms with Crippen LogP contribution in [0.3, 0.4) is 0 Å². The van der Waals surface area contributed by atoms with Crippen LogP contribution in [0.5, 0.6) is 0 Å². The van der Waals surface area contributed by atoms with Gasteiger partial charge in [-0.05, 0) is 24.6 Å². The smallest absolute Gasteiger partial charge is 0.244 e. The summed E-state index contributed by atoms with van der Waals surface area (Å²) in [5, 5.41) is 9.09. The number of rotatable bonds is 3. The summed E-state index contributed by atoms with van der Waals surface area (Å²) in [7, 11) is -3.69. The van der Waals surface area contributed by atoms with Crippen molar-refractivity contribution in [3.8, 4) is 6.07 Å². The molecule has 1 fully saturated rings. The van der Waals surface area contributed by atoms with E-state index in [1.807, 2.05) is 13.0 Å². The number of benzene rings is 1. The Kier molecular flexibility index (Phi) is 4.28. The number of sulfonamides is 1. The van der Waals surface area contributed by atoms with Crippen molar-refractivity contribution in [3.63, 3.8) is 0 Å². The summed E-state index contributed by atoms with van der Waals surface area (Å²) in [6.45, 7) is 2.93. The SMILES string of the molecule is CCC1CN(S(=O)(=O)c2ccc(N)cc2C#N)CCO1. The predicted octanol–water partition coefficient (Wildman–Crippen LogP) is 0.940. The van der Waals surface area contributed by atoms with Gasteiger partial charge in [0.2, 0.25) is 10.0 Å². The van der Waals surface area contributed by atoms with E-state index in [2.05, 4.69) is 0 Å². The summed E-state index contributed by atoms with van der Waals surface area (Å²) in [6, 6.07) is 6.15. The average Bonchev–Trinajstić information content (AvgIpc) is 2.46. The van der Waals surface area contributed by atoms with E-state index in [9.17, 15) is 8.42 Å². The molecule has 1 heterocycles. The van der Waals surface area contributed by atoms with Crippen molar-refractivity contribution in [2.45, 2.75) is 24.3 Å². The van der Waals surface area contributed by atoms with Gasteiger partial charge in [0.15, 0.2) is 0 Å². The van der Waals surface area contributed by atoms with Crippen molar-refractivity contribution < 1.29 is 13.2 Å². The van der Waals surface area contributed by atoms with Crippen molar-refractivity contribution in [2.24, 2.45) is 0 Å². The second kappa shape index (κ2) is 5.79. The molecule has 1 aromatic carbocycles. The van der Waals surface area contributed by atoms with Crippen molar-refractivity contribution in [2.75, 3.05) is 25.4 Å². The van der Waals surface area contributed by atoms with Gasteiger partial charge < -0.3 is 10.5 Å². The van der Waals surface area contributed by atoms with E-state index < -0.39 is 10.0 Å². The van der Waals surface area contributed by atoms with Crippen LogP contribution < -0.4 is 5.73 Å². The topological polar surface area (TPSA) is 96.4 Å². The highest BCUT2D eigenvalue weighted by Crippen LogP contribution is 2.24. The van der Waals surface area contributed by atoms with E-state index in [1.165, 1.54) is 22.5 Å². The van der Waals surface area contributed by atoms with Crippen molar-refractivity contribution in [1.29, 1.82) is 5.26 Å². The van der Waals surface area contributed by atoms with E-state index in [0.717, 1.165) is 6.42 Å². The molecule has 1 unspecified atom stereocenters. The lowest BCUT2D eigenvalue weighted by Gasteiger charge is -2.31. The Morgan fingerprint density at radius 1 is 1.55 bits per heavy atom. The Hall–Kier alpha value is -1.62. The fraction of sp³-hybridized carbons (Fsp3) is 0.462. The van der Waals surface area contributed by atoms with Gasteiger partial charge in [0.1, 0.15) is 11.0 Å². The lowest BCUT2D eigenvalue weighted by Crippen LogP contribution is -2.45. The summed E-state index contributed by atoms with van der Waals surface area (Å²) in [6.07, 6.45) is 0.650. The minimum Gasteiger partial charge on any atom is -0.399 e. The van der Waals surface area contributed by atoms with E-state index in [1.54, 1.807) is 0 Å². The standard InChI is InChI=1S/C13H17N3O3S/c1-2-12-9-16(5-6-19-12)20(17,18)13-4-3-11(15)7-10(13)8-14/h3-4,7,12H,2,5-6,9,15H2,1H3. The number of morpholine rings is 1. The molecule has 20 heavy (non-hydrogen) atoms. The maximum absolute atomic E-state index is 12.6. The number of nitrogens with two attached hydrogens (primary N) is 1. The van der Waals surface area contributed by atoms with E-state index >= 15 is 0 Å². The molecule has 1 aromatic rings. The number of hydrogen-bond donors (Lipinski definition) is 1. The molecule has 0 amide bonds.